The summed E-state index contributed by atoms with van der Waals surface area (Å²) in [5.41, 5.74) is 1.42. The summed E-state index contributed by atoms with van der Waals surface area (Å²) < 4.78 is 13.7. The van der Waals surface area contributed by atoms with Gasteiger partial charge < -0.3 is 14.3 Å². The lowest BCUT2D eigenvalue weighted by atomic mass is 10.2. The summed E-state index contributed by atoms with van der Waals surface area (Å²) >= 11 is 0. The molecule has 9 nitrogen and oxygen atoms in total. The van der Waals surface area contributed by atoms with E-state index < -0.39 is 0 Å². The minimum Gasteiger partial charge on any atom is -0.461 e. The van der Waals surface area contributed by atoms with Crippen LogP contribution in [0.2, 0.25) is 0 Å². The predicted octanol–water partition coefficient (Wildman–Crippen LogP) is 3.09. The number of rotatable bonds is 7. The number of hydrogen-bond acceptors (Lipinski definition) is 6. The number of nitrogens with zero attached hydrogens (tertiary/aromatic N) is 4. The van der Waals surface area contributed by atoms with E-state index in [0.29, 0.717) is 36.0 Å². The highest BCUT2D eigenvalue weighted by molar-refractivity contribution is 5.91. The second kappa shape index (κ2) is 8.24. The Morgan fingerprint density at radius 3 is 2.70 bits per heavy atom. The van der Waals surface area contributed by atoms with Gasteiger partial charge in [-0.1, -0.05) is 23.4 Å². The SMILES string of the molecule is Cc1c(NC(=O)CCCc2nc(-c3ccco3)no2)c(=O)n(-c2ccccc2)n1C. The van der Waals surface area contributed by atoms with Crippen molar-refractivity contribution in [2.75, 3.05) is 5.32 Å². The second-order valence-electron chi connectivity index (χ2n) is 6.83. The number of hydrogen-bond donors (Lipinski definition) is 1. The van der Waals surface area contributed by atoms with Crippen LogP contribution in [-0.2, 0) is 18.3 Å². The first-order valence-corrected chi connectivity index (χ1v) is 9.55. The van der Waals surface area contributed by atoms with E-state index in [1.165, 1.54) is 10.9 Å². The molecule has 0 spiro atoms. The van der Waals surface area contributed by atoms with Crippen molar-refractivity contribution in [3.63, 3.8) is 0 Å². The molecule has 4 rings (SSSR count). The Morgan fingerprint density at radius 1 is 1.17 bits per heavy atom. The molecule has 0 radical (unpaired) electrons. The summed E-state index contributed by atoms with van der Waals surface area (Å²) in [6.07, 6.45) is 2.71. The van der Waals surface area contributed by atoms with E-state index in [9.17, 15) is 9.59 Å². The van der Waals surface area contributed by atoms with Crippen molar-refractivity contribution >= 4 is 11.6 Å². The molecule has 1 amide bonds. The predicted molar refractivity (Wildman–Crippen MR) is 109 cm³/mol. The lowest BCUT2D eigenvalue weighted by Crippen LogP contribution is -2.22. The summed E-state index contributed by atoms with van der Waals surface area (Å²) in [5.74, 6) is 1.08. The molecule has 9 heteroatoms. The number of para-hydroxylation sites is 1. The number of aryl methyl sites for hydroxylation is 1. The van der Waals surface area contributed by atoms with E-state index in [-0.39, 0.29) is 23.6 Å². The van der Waals surface area contributed by atoms with Gasteiger partial charge in [-0.3, -0.25) is 14.3 Å². The smallest absolute Gasteiger partial charge is 0.295 e. The van der Waals surface area contributed by atoms with Gasteiger partial charge in [-0.05, 0) is 37.6 Å². The van der Waals surface area contributed by atoms with Crippen molar-refractivity contribution in [2.45, 2.75) is 26.2 Å². The monoisotopic (exact) mass is 407 g/mol. The molecule has 154 valence electrons. The van der Waals surface area contributed by atoms with Crippen molar-refractivity contribution < 1.29 is 13.7 Å². The molecule has 0 aliphatic carbocycles. The van der Waals surface area contributed by atoms with Gasteiger partial charge in [0.15, 0.2) is 5.76 Å². The normalized spacial score (nSPS) is 11.0. The number of anilines is 1. The number of carbonyl (C=O) groups is 1. The Labute approximate surface area is 171 Å². The summed E-state index contributed by atoms with van der Waals surface area (Å²) in [5, 5.41) is 6.61. The molecule has 0 atom stereocenters. The molecule has 3 aromatic heterocycles. The third kappa shape index (κ3) is 3.82. The highest BCUT2D eigenvalue weighted by Crippen LogP contribution is 2.17. The zero-order chi connectivity index (χ0) is 21.1. The van der Waals surface area contributed by atoms with Gasteiger partial charge in [0, 0.05) is 19.9 Å². The number of nitrogens with one attached hydrogen (secondary N) is 1. The standard InChI is InChI=1S/C21H21N5O4/c1-14-19(21(28)26(25(14)2)15-8-4-3-5-9-15)22-17(27)11-6-12-18-23-20(24-30-18)16-10-7-13-29-16/h3-5,7-10,13H,6,11-12H2,1-2H3,(H,22,27). The fourth-order valence-corrected chi connectivity index (χ4v) is 3.18. The quantitative estimate of drug-likeness (QED) is 0.504. The van der Waals surface area contributed by atoms with Gasteiger partial charge in [-0.15, -0.1) is 0 Å². The maximum atomic E-state index is 12.8. The Bertz CT molecular complexity index is 1200. The van der Waals surface area contributed by atoms with Crippen LogP contribution in [0.3, 0.4) is 0 Å². The van der Waals surface area contributed by atoms with Crippen LogP contribution in [-0.4, -0.2) is 25.4 Å². The maximum Gasteiger partial charge on any atom is 0.295 e. The molecule has 3 heterocycles. The maximum absolute atomic E-state index is 12.8. The number of benzene rings is 1. The molecular formula is C21H21N5O4. The third-order valence-corrected chi connectivity index (χ3v) is 4.82. The highest BCUT2D eigenvalue weighted by atomic mass is 16.5. The van der Waals surface area contributed by atoms with E-state index in [1.807, 2.05) is 30.3 Å². The molecule has 0 fully saturated rings. The van der Waals surface area contributed by atoms with Crippen molar-refractivity contribution in [3.05, 3.63) is 70.7 Å². The van der Waals surface area contributed by atoms with Crippen molar-refractivity contribution in [3.8, 4) is 17.3 Å². The van der Waals surface area contributed by atoms with Gasteiger partial charge in [-0.25, -0.2) is 4.68 Å². The van der Waals surface area contributed by atoms with Gasteiger partial charge in [0.25, 0.3) is 5.56 Å². The molecule has 0 aliphatic rings. The summed E-state index contributed by atoms with van der Waals surface area (Å²) in [7, 11) is 1.78. The minimum absolute atomic E-state index is 0.220. The molecule has 0 aliphatic heterocycles. The van der Waals surface area contributed by atoms with Crippen molar-refractivity contribution in [1.82, 2.24) is 19.5 Å². The molecule has 30 heavy (non-hydrogen) atoms. The lowest BCUT2D eigenvalue weighted by molar-refractivity contribution is -0.116. The zero-order valence-corrected chi connectivity index (χ0v) is 16.7. The first-order valence-electron chi connectivity index (χ1n) is 9.55. The fraction of sp³-hybridized carbons (Fsp3) is 0.238. The average Bonchev–Trinajstić information content (AvgIpc) is 3.47. The van der Waals surface area contributed by atoms with Crippen LogP contribution < -0.4 is 10.9 Å². The topological polar surface area (TPSA) is 108 Å². The van der Waals surface area contributed by atoms with Crippen molar-refractivity contribution in [2.24, 2.45) is 7.05 Å². The van der Waals surface area contributed by atoms with Gasteiger partial charge in [0.2, 0.25) is 17.6 Å². The van der Waals surface area contributed by atoms with Crippen LogP contribution in [0.15, 0.2) is 62.5 Å². The average molecular weight is 407 g/mol. The van der Waals surface area contributed by atoms with Crippen molar-refractivity contribution in [1.29, 1.82) is 0 Å². The molecule has 1 N–H and O–H groups in total. The molecule has 0 saturated heterocycles. The van der Waals surface area contributed by atoms with E-state index >= 15 is 0 Å². The first-order chi connectivity index (χ1) is 14.5. The molecule has 0 unspecified atom stereocenters. The second-order valence-corrected chi connectivity index (χ2v) is 6.83. The summed E-state index contributed by atoms with van der Waals surface area (Å²) in [6.45, 7) is 1.80. The van der Waals surface area contributed by atoms with Crippen LogP contribution in [0.4, 0.5) is 5.69 Å². The van der Waals surface area contributed by atoms with Gasteiger partial charge in [0.05, 0.1) is 17.6 Å². The molecular weight excluding hydrogens is 386 g/mol. The van der Waals surface area contributed by atoms with Crippen LogP contribution in [0.5, 0.6) is 0 Å². The minimum atomic E-state index is -0.269. The lowest BCUT2D eigenvalue weighted by Gasteiger charge is -2.07. The number of furan rings is 1. The van der Waals surface area contributed by atoms with Gasteiger partial charge in [-0.2, -0.15) is 4.98 Å². The van der Waals surface area contributed by atoms with Crippen LogP contribution in [0.1, 0.15) is 24.4 Å². The van der Waals surface area contributed by atoms with Gasteiger partial charge >= 0.3 is 0 Å². The first kappa shape index (κ1) is 19.4. The molecule has 0 bridgehead atoms. The van der Waals surface area contributed by atoms with Crippen LogP contribution in [0.25, 0.3) is 17.3 Å². The Hall–Kier alpha value is -3.88. The number of aromatic nitrogens is 4. The fourth-order valence-electron chi connectivity index (χ4n) is 3.18. The van der Waals surface area contributed by atoms with E-state index in [4.69, 9.17) is 8.94 Å². The van der Waals surface area contributed by atoms with E-state index in [1.54, 1.807) is 30.8 Å². The number of amides is 1. The van der Waals surface area contributed by atoms with Crippen LogP contribution in [0, 0.1) is 6.92 Å². The van der Waals surface area contributed by atoms with E-state index in [2.05, 4.69) is 15.5 Å². The zero-order valence-electron chi connectivity index (χ0n) is 16.7. The molecule has 0 saturated carbocycles. The Kier molecular flexibility index (Phi) is 5.34. The Balaban J connectivity index is 1.38. The van der Waals surface area contributed by atoms with Gasteiger partial charge in [0.1, 0.15) is 5.69 Å². The highest BCUT2D eigenvalue weighted by Gasteiger charge is 2.18. The number of carbonyl (C=O) groups excluding carboxylic acids is 1. The van der Waals surface area contributed by atoms with E-state index in [0.717, 1.165) is 5.69 Å². The Morgan fingerprint density at radius 2 is 1.97 bits per heavy atom. The summed E-state index contributed by atoms with van der Waals surface area (Å²) in [6, 6.07) is 12.8. The molecule has 4 aromatic rings. The largest absolute Gasteiger partial charge is 0.461 e. The molecule has 1 aromatic carbocycles. The summed E-state index contributed by atoms with van der Waals surface area (Å²) in [4.78, 5) is 29.5. The van der Waals surface area contributed by atoms with Crippen LogP contribution >= 0.6 is 0 Å². The third-order valence-electron chi connectivity index (χ3n) is 4.82.